The van der Waals surface area contributed by atoms with Gasteiger partial charge >= 0.3 is 5.97 Å². The number of hydrogen-bond acceptors (Lipinski definition) is 4. The molecule has 1 rings (SSSR count). The van der Waals surface area contributed by atoms with Crippen molar-refractivity contribution in [2.24, 2.45) is 5.73 Å². The molecular weight excluding hydrogens is 172 g/mol. The highest BCUT2D eigenvalue weighted by molar-refractivity contribution is 5.87. The summed E-state index contributed by atoms with van der Waals surface area (Å²) in [5, 5.41) is 17.3. The third-order valence-corrected chi connectivity index (χ3v) is 1.63. The van der Waals surface area contributed by atoms with Crippen molar-refractivity contribution in [3.8, 4) is 0 Å². The van der Waals surface area contributed by atoms with E-state index in [1.54, 1.807) is 0 Å². The van der Waals surface area contributed by atoms with Crippen LogP contribution in [0.25, 0.3) is 0 Å². The van der Waals surface area contributed by atoms with E-state index in [4.69, 9.17) is 15.9 Å². The summed E-state index contributed by atoms with van der Waals surface area (Å²) in [5.74, 6) is -1.06. The number of carbonyl (C=O) groups is 1. The SMILES string of the molecule is N[C@@H](CO)c1cncc(C(=O)O)c1. The summed E-state index contributed by atoms with van der Waals surface area (Å²) in [7, 11) is 0. The summed E-state index contributed by atoms with van der Waals surface area (Å²) in [6, 6.07) is 0.822. The van der Waals surface area contributed by atoms with E-state index in [0.717, 1.165) is 0 Å². The molecule has 5 heteroatoms. The number of aliphatic hydroxyl groups is 1. The van der Waals surface area contributed by atoms with Gasteiger partial charge in [0.05, 0.1) is 18.2 Å². The first kappa shape index (κ1) is 9.63. The predicted molar refractivity (Wildman–Crippen MR) is 45.2 cm³/mol. The second-order valence-electron chi connectivity index (χ2n) is 2.60. The minimum absolute atomic E-state index is 0.0707. The molecule has 0 amide bonds. The molecular formula is C8H10N2O3. The molecule has 13 heavy (non-hydrogen) atoms. The van der Waals surface area contributed by atoms with Crippen molar-refractivity contribution >= 4 is 5.97 Å². The Hall–Kier alpha value is -1.46. The summed E-state index contributed by atoms with van der Waals surface area (Å²) in [6.07, 6.45) is 2.67. The number of aliphatic hydroxyl groups excluding tert-OH is 1. The van der Waals surface area contributed by atoms with Gasteiger partial charge in [-0.25, -0.2) is 4.79 Å². The number of nitrogens with two attached hydrogens (primary N) is 1. The number of rotatable bonds is 3. The summed E-state index contributed by atoms with van der Waals surface area (Å²) in [6.45, 7) is -0.231. The van der Waals surface area contributed by atoms with Crippen LogP contribution in [0, 0.1) is 0 Å². The quantitative estimate of drug-likeness (QED) is 0.600. The number of pyridine rings is 1. The van der Waals surface area contributed by atoms with E-state index in [2.05, 4.69) is 4.98 Å². The molecule has 1 heterocycles. The zero-order chi connectivity index (χ0) is 9.84. The van der Waals surface area contributed by atoms with Crippen LogP contribution < -0.4 is 5.73 Å². The minimum Gasteiger partial charge on any atom is -0.478 e. The van der Waals surface area contributed by atoms with Crippen molar-refractivity contribution in [2.45, 2.75) is 6.04 Å². The molecule has 0 aliphatic carbocycles. The smallest absolute Gasteiger partial charge is 0.337 e. The fraction of sp³-hybridized carbons (Fsp3) is 0.250. The molecule has 0 bridgehead atoms. The van der Waals surface area contributed by atoms with Gasteiger partial charge in [-0.1, -0.05) is 0 Å². The maximum atomic E-state index is 10.5. The topological polar surface area (TPSA) is 96.4 Å². The molecule has 5 nitrogen and oxygen atoms in total. The molecule has 0 aliphatic rings. The first-order chi connectivity index (χ1) is 6.15. The molecule has 0 spiro atoms. The summed E-state index contributed by atoms with van der Waals surface area (Å²) < 4.78 is 0. The van der Waals surface area contributed by atoms with E-state index < -0.39 is 12.0 Å². The van der Waals surface area contributed by atoms with Crippen LogP contribution in [-0.2, 0) is 0 Å². The number of aromatic nitrogens is 1. The number of carboxylic acid groups (broad SMARTS) is 1. The lowest BCUT2D eigenvalue weighted by Crippen LogP contribution is -2.15. The van der Waals surface area contributed by atoms with E-state index in [9.17, 15) is 4.79 Å². The van der Waals surface area contributed by atoms with Gasteiger partial charge in [-0.15, -0.1) is 0 Å². The first-order valence-corrected chi connectivity index (χ1v) is 3.70. The Bertz CT molecular complexity index is 314. The van der Waals surface area contributed by atoms with Gasteiger partial charge in [0.2, 0.25) is 0 Å². The van der Waals surface area contributed by atoms with E-state index in [-0.39, 0.29) is 12.2 Å². The fourth-order valence-corrected chi connectivity index (χ4v) is 0.883. The van der Waals surface area contributed by atoms with Gasteiger partial charge in [-0.05, 0) is 11.6 Å². The number of hydrogen-bond donors (Lipinski definition) is 3. The van der Waals surface area contributed by atoms with E-state index in [0.29, 0.717) is 5.56 Å². The van der Waals surface area contributed by atoms with Gasteiger partial charge < -0.3 is 15.9 Å². The Labute approximate surface area is 74.8 Å². The zero-order valence-corrected chi connectivity index (χ0v) is 6.84. The van der Waals surface area contributed by atoms with E-state index in [1.165, 1.54) is 18.5 Å². The van der Waals surface area contributed by atoms with Crippen molar-refractivity contribution in [1.29, 1.82) is 0 Å². The van der Waals surface area contributed by atoms with Gasteiger partial charge in [0.15, 0.2) is 0 Å². The second kappa shape index (κ2) is 3.97. The first-order valence-electron chi connectivity index (χ1n) is 3.70. The monoisotopic (exact) mass is 182 g/mol. The van der Waals surface area contributed by atoms with Gasteiger partial charge in [-0.3, -0.25) is 4.98 Å². The molecule has 0 aromatic carbocycles. The van der Waals surface area contributed by atoms with Crippen LogP contribution in [0.15, 0.2) is 18.5 Å². The Morgan fingerprint density at radius 2 is 2.31 bits per heavy atom. The van der Waals surface area contributed by atoms with Crippen LogP contribution in [0.3, 0.4) is 0 Å². The second-order valence-corrected chi connectivity index (χ2v) is 2.60. The highest BCUT2D eigenvalue weighted by Crippen LogP contribution is 2.09. The molecule has 0 radical (unpaired) electrons. The largest absolute Gasteiger partial charge is 0.478 e. The van der Waals surface area contributed by atoms with Gasteiger partial charge in [0.25, 0.3) is 0 Å². The van der Waals surface area contributed by atoms with Crippen molar-refractivity contribution in [3.63, 3.8) is 0 Å². The average Bonchev–Trinajstić information content (AvgIpc) is 2.17. The number of carboxylic acids is 1. The maximum Gasteiger partial charge on any atom is 0.337 e. The summed E-state index contributed by atoms with van der Waals surface area (Å²) in [5.41, 5.74) is 6.07. The molecule has 1 aromatic heterocycles. The lowest BCUT2D eigenvalue weighted by molar-refractivity contribution is 0.0696. The molecule has 0 saturated carbocycles. The number of nitrogens with zero attached hydrogens (tertiary/aromatic N) is 1. The van der Waals surface area contributed by atoms with Crippen LogP contribution in [0.5, 0.6) is 0 Å². The molecule has 0 unspecified atom stereocenters. The van der Waals surface area contributed by atoms with Crippen LogP contribution in [0.4, 0.5) is 0 Å². The molecule has 0 fully saturated rings. The van der Waals surface area contributed by atoms with Crippen molar-refractivity contribution in [1.82, 2.24) is 4.98 Å². The van der Waals surface area contributed by atoms with E-state index in [1.807, 2.05) is 0 Å². The molecule has 70 valence electrons. The third-order valence-electron chi connectivity index (χ3n) is 1.63. The Morgan fingerprint density at radius 1 is 1.62 bits per heavy atom. The summed E-state index contributed by atoms with van der Waals surface area (Å²) in [4.78, 5) is 14.2. The lowest BCUT2D eigenvalue weighted by Gasteiger charge is -2.07. The molecule has 4 N–H and O–H groups in total. The highest BCUT2D eigenvalue weighted by Gasteiger charge is 2.08. The Kier molecular flexibility index (Phi) is 2.94. The van der Waals surface area contributed by atoms with Gasteiger partial charge in [0, 0.05) is 12.4 Å². The minimum atomic E-state index is -1.06. The zero-order valence-electron chi connectivity index (χ0n) is 6.84. The van der Waals surface area contributed by atoms with Crippen LogP contribution in [-0.4, -0.2) is 27.8 Å². The normalized spacial score (nSPS) is 12.5. The lowest BCUT2D eigenvalue weighted by atomic mass is 10.1. The standard InChI is InChI=1S/C8H10N2O3/c9-7(4-11)5-1-6(8(12)13)3-10-2-5/h1-3,7,11H,4,9H2,(H,12,13)/t7-/m0/s1. The molecule has 1 atom stereocenters. The number of aromatic carboxylic acids is 1. The fourth-order valence-electron chi connectivity index (χ4n) is 0.883. The Balaban J connectivity index is 2.98. The average molecular weight is 182 g/mol. The third kappa shape index (κ3) is 2.24. The van der Waals surface area contributed by atoms with Crippen molar-refractivity contribution in [2.75, 3.05) is 6.61 Å². The van der Waals surface area contributed by atoms with E-state index >= 15 is 0 Å². The predicted octanol–water partition coefficient (Wildman–Crippen LogP) is -0.228. The Morgan fingerprint density at radius 3 is 2.85 bits per heavy atom. The van der Waals surface area contributed by atoms with Gasteiger partial charge in [-0.2, -0.15) is 0 Å². The highest BCUT2D eigenvalue weighted by atomic mass is 16.4. The van der Waals surface area contributed by atoms with Crippen LogP contribution in [0.1, 0.15) is 22.0 Å². The van der Waals surface area contributed by atoms with Crippen molar-refractivity contribution in [3.05, 3.63) is 29.6 Å². The maximum absolute atomic E-state index is 10.5. The van der Waals surface area contributed by atoms with Crippen LogP contribution >= 0.6 is 0 Å². The van der Waals surface area contributed by atoms with Crippen LogP contribution in [0.2, 0.25) is 0 Å². The molecule has 0 saturated heterocycles. The van der Waals surface area contributed by atoms with Gasteiger partial charge in [0.1, 0.15) is 0 Å². The molecule has 1 aromatic rings. The molecule has 0 aliphatic heterocycles. The van der Waals surface area contributed by atoms with Crippen molar-refractivity contribution < 1.29 is 15.0 Å². The summed E-state index contributed by atoms with van der Waals surface area (Å²) >= 11 is 0.